The highest BCUT2D eigenvalue weighted by atomic mass is 35.5. The minimum Gasteiger partial charge on any atom is -0.481 e. The molecule has 0 atom stereocenters. The number of hydrogen-bond donors (Lipinski definition) is 2. The van der Waals surface area contributed by atoms with Gasteiger partial charge in [0.2, 0.25) is 0 Å². The summed E-state index contributed by atoms with van der Waals surface area (Å²) in [6.07, 6.45) is 2.57. The Balaban J connectivity index is 0.00000208. The van der Waals surface area contributed by atoms with Crippen molar-refractivity contribution in [3.8, 4) is 11.1 Å². The number of carbonyl (C=O) groups is 1. The summed E-state index contributed by atoms with van der Waals surface area (Å²) in [4.78, 5) is 20.2. The maximum Gasteiger partial charge on any atom is 0.305 e. The minimum absolute atomic E-state index is 0. The van der Waals surface area contributed by atoms with E-state index in [-0.39, 0.29) is 18.8 Å². The van der Waals surface area contributed by atoms with Crippen LogP contribution in [0.15, 0.2) is 36.0 Å². The summed E-state index contributed by atoms with van der Waals surface area (Å²) in [5.41, 5.74) is 3.49. The zero-order chi connectivity index (χ0) is 16.2. The highest BCUT2D eigenvalue weighted by Gasteiger charge is 2.13. The van der Waals surface area contributed by atoms with Gasteiger partial charge in [-0.1, -0.05) is 31.2 Å². The Morgan fingerprint density at radius 2 is 2.00 bits per heavy atom. The van der Waals surface area contributed by atoms with Crippen LogP contribution >= 0.6 is 23.7 Å². The molecule has 0 amide bonds. The SMILES string of the molecule is CCc1ccc(-c2csc3ncnc(NCCC(=O)O)c23)cc1.Cl. The van der Waals surface area contributed by atoms with Crippen LogP contribution < -0.4 is 5.32 Å². The highest BCUT2D eigenvalue weighted by Crippen LogP contribution is 2.36. The Hall–Kier alpha value is -2.18. The lowest BCUT2D eigenvalue weighted by atomic mass is 10.0. The van der Waals surface area contributed by atoms with Gasteiger partial charge >= 0.3 is 5.97 Å². The molecule has 0 bridgehead atoms. The number of carboxylic acids is 1. The first-order valence-corrected chi connectivity index (χ1v) is 8.34. The molecule has 2 N–H and O–H groups in total. The maximum absolute atomic E-state index is 10.7. The van der Waals surface area contributed by atoms with Crippen LogP contribution in [0, 0.1) is 0 Å². The Kier molecular flexibility index (Phi) is 6.11. The normalized spacial score (nSPS) is 10.4. The smallest absolute Gasteiger partial charge is 0.305 e. The number of aryl methyl sites for hydroxylation is 1. The topological polar surface area (TPSA) is 75.1 Å². The molecule has 5 nitrogen and oxygen atoms in total. The lowest BCUT2D eigenvalue weighted by Crippen LogP contribution is -2.09. The molecule has 2 aromatic heterocycles. The number of carboxylic acid groups (broad SMARTS) is 1. The predicted molar refractivity (Wildman–Crippen MR) is 100 cm³/mol. The van der Waals surface area contributed by atoms with E-state index in [9.17, 15) is 4.79 Å². The molecule has 0 saturated heterocycles. The number of hydrogen-bond acceptors (Lipinski definition) is 5. The van der Waals surface area contributed by atoms with E-state index in [0.717, 1.165) is 27.8 Å². The monoisotopic (exact) mass is 363 g/mol. The molecule has 0 aliphatic heterocycles. The molecule has 1 aromatic carbocycles. The van der Waals surface area contributed by atoms with Crippen LogP contribution in [0.5, 0.6) is 0 Å². The molecule has 0 saturated carbocycles. The van der Waals surface area contributed by atoms with E-state index in [4.69, 9.17) is 5.11 Å². The number of fused-ring (bicyclic) bond motifs is 1. The number of nitrogens with zero attached hydrogens (tertiary/aromatic N) is 2. The van der Waals surface area contributed by atoms with Crippen LogP contribution in [0.4, 0.5) is 5.82 Å². The third-order valence-electron chi connectivity index (χ3n) is 3.67. The van der Waals surface area contributed by atoms with E-state index in [1.165, 1.54) is 11.9 Å². The molecule has 0 aliphatic rings. The van der Waals surface area contributed by atoms with Gasteiger partial charge in [-0.15, -0.1) is 23.7 Å². The van der Waals surface area contributed by atoms with E-state index >= 15 is 0 Å². The predicted octanol–water partition coefficient (Wildman–Crippen LogP) is 4.23. The maximum atomic E-state index is 10.7. The molecule has 0 fully saturated rings. The van der Waals surface area contributed by atoms with Crippen molar-refractivity contribution < 1.29 is 9.90 Å². The first kappa shape index (κ1) is 18.2. The van der Waals surface area contributed by atoms with E-state index < -0.39 is 5.97 Å². The van der Waals surface area contributed by atoms with Gasteiger partial charge in [-0.25, -0.2) is 9.97 Å². The van der Waals surface area contributed by atoms with Gasteiger partial charge in [0.05, 0.1) is 11.8 Å². The Morgan fingerprint density at radius 3 is 2.67 bits per heavy atom. The number of anilines is 1. The number of rotatable bonds is 6. The van der Waals surface area contributed by atoms with Crippen LogP contribution in [0.25, 0.3) is 21.3 Å². The molecular weight excluding hydrogens is 346 g/mol. The van der Waals surface area contributed by atoms with Crippen LogP contribution in [-0.2, 0) is 11.2 Å². The van der Waals surface area contributed by atoms with Gasteiger partial charge in [-0.2, -0.15) is 0 Å². The van der Waals surface area contributed by atoms with Crippen molar-refractivity contribution in [2.24, 2.45) is 0 Å². The quantitative estimate of drug-likeness (QED) is 0.685. The van der Waals surface area contributed by atoms with E-state index in [1.807, 2.05) is 0 Å². The molecule has 2 heterocycles. The number of aliphatic carboxylic acids is 1. The minimum atomic E-state index is -0.830. The van der Waals surface area contributed by atoms with Gasteiger partial charge in [-0.05, 0) is 17.5 Å². The third kappa shape index (κ3) is 3.83. The summed E-state index contributed by atoms with van der Waals surface area (Å²) >= 11 is 1.57. The van der Waals surface area contributed by atoms with Crippen molar-refractivity contribution in [3.05, 3.63) is 41.5 Å². The molecule has 0 radical (unpaired) electrons. The largest absolute Gasteiger partial charge is 0.481 e. The summed E-state index contributed by atoms with van der Waals surface area (Å²) in [7, 11) is 0. The van der Waals surface area contributed by atoms with Crippen molar-refractivity contribution in [2.75, 3.05) is 11.9 Å². The second-order valence-corrected chi connectivity index (χ2v) is 6.03. The number of halogens is 1. The van der Waals surface area contributed by atoms with Crippen LogP contribution in [-0.4, -0.2) is 27.6 Å². The highest BCUT2D eigenvalue weighted by molar-refractivity contribution is 7.17. The van der Waals surface area contributed by atoms with Gasteiger partial charge in [0, 0.05) is 17.5 Å². The van der Waals surface area contributed by atoms with Gasteiger partial charge in [-0.3, -0.25) is 4.79 Å². The van der Waals surface area contributed by atoms with Gasteiger partial charge in [0.15, 0.2) is 0 Å². The molecule has 126 valence electrons. The van der Waals surface area contributed by atoms with Crippen molar-refractivity contribution >= 4 is 45.7 Å². The molecule has 24 heavy (non-hydrogen) atoms. The summed E-state index contributed by atoms with van der Waals surface area (Å²) in [5.74, 6) is -0.143. The standard InChI is InChI=1S/C17H17N3O2S.ClH/c1-2-11-3-5-12(6-4-11)13-9-23-17-15(13)16(19-10-20-17)18-8-7-14(21)22;/h3-6,9-10H,2,7-8H2,1H3,(H,21,22)(H,18,19,20);1H. The molecule has 3 rings (SSSR count). The fraction of sp³-hybridized carbons (Fsp3) is 0.235. The second-order valence-electron chi connectivity index (χ2n) is 5.17. The summed E-state index contributed by atoms with van der Waals surface area (Å²) in [6.45, 7) is 2.47. The van der Waals surface area contributed by atoms with Gasteiger partial charge in [0.1, 0.15) is 17.0 Å². The number of thiophene rings is 1. The molecular formula is C17H18ClN3O2S. The number of benzene rings is 1. The summed E-state index contributed by atoms with van der Waals surface area (Å²) in [5, 5.41) is 14.9. The number of aromatic nitrogens is 2. The Bertz CT molecular complexity index is 833. The third-order valence-corrected chi connectivity index (χ3v) is 4.56. The zero-order valence-corrected chi connectivity index (χ0v) is 14.8. The lowest BCUT2D eigenvalue weighted by molar-refractivity contribution is -0.136. The average molecular weight is 364 g/mol. The van der Waals surface area contributed by atoms with E-state index in [1.54, 1.807) is 11.3 Å². The first-order valence-electron chi connectivity index (χ1n) is 7.46. The molecule has 3 aromatic rings. The first-order chi connectivity index (χ1) is 11.2. The fourth-order valence-electron chi connectivity index (χ4n) is 2.43. The van der Waals surface area contributed by atoms with E-state index in [2.05, 4.69) is 51.9 Å². The fourth-order valence-corrected chi connectivity index (χ4v) is 3.35. The molecule has 7 heteroatoms. The van der Waals surface area contributed by atoms with Crippen molar-refractivity contribution in [2.45, 2.75) is 19.8 Å². The Labute approximate surface area is 150 Å². The molecule has 0 spiro atoms. The Morgan fingerprint density at radius 1 is 1.25 bits per heavy atom. The van der Waals surface area contributed by atoms with Crippen LogP contribution in [0.1, 0.15) is 18.9 Å². The van der Waals surface area contributed by atoms with Crippen LogP contribution in [0.2, 0.25) is 0 Å². The van der Waals surface area contributed by atoms with Crippen molar-refractivity contribution in [1.82, 2.24) is 9.97 Å². The van der Waals surface area contributed by atoms with Crippen LogP contribution in [0.3, 0.4) is 0 Å². The zero-order valence-electron chi connectivity index (χ0n) is 13.2. The second kappa shape index (κ2) is 8.08. The number of nitrogens with one attached hydrogen (secondary N) is 1. The van der Waals surface area contributed by atoms with Crippen molar-refractivity contribution in [1.29, 1.82) is 0 Å². The van der Waals surface area contributed by atoms with E-state index in [0.29, 0.717) is 12.4 Å². The molecule has 0 unspecified atom stereocenters. The average Bonchev–Trinajstić information content (AvgIpc) is 2.99. The summed E-state index contributed by atoms with van der Waals surface area (Å²) < 4.78 is 0. The van der Waals surface area contributed by atoms with Crippen molar-refractivity contribution in [3.63, 3.8) is 0 Å². The van der Waals surface area contributed by atoms with Gasteiger partial charge < -0.3 is 10.4 Å². The summed E-state index contributed by atoms with van der Waals surface area (Å²) in [6, 6.07) is 8.46. The molecule has 0 aliphatic carbocycles. The van der Waals surface area contributed by atoms with Gasteiger partial charge in [0.25, 0.3) is 0 Å². The lowest BCUT2D eigenvalue weighted by Gasteiger charge is -2.07.